The number of rotatable bonds is 3. The lowest BCUT2D eigenvalue weighted by Crippen LogP contribution is -2.25. The summed E-state index contributed by atoms with van der Waals surface area (Å²) in [6.45, 7) is 0. The smallest absolute Gasteiger partial charge is 0.270 e. The lowest BCUT2D eigenvalue weighted by molar-refractivity contribution is 0.0938. The maximum atomic E-state index is 11.6. The Morgan fingerprint density at radius 2 is 2.12 bits per heavy atom. The number of carbonyl (C=O) groups excluding carboxylic acids is 2. The lowest BCUT2D eigenvalue weighted by atomic mass is 10.1. The van der Waals surface area contributed by atoms with Crippen molar-refractivity contribution in [3.05, 3.63) is 29.1 Å². The van der Waals surface area contributed by atoms with E-state index in [2.05, 4.69) is 10.3 Å². The van der Waals surface area contributed by atoms with E-state index < -0.39 is 5.91 Å². The molecule has 1 aromatic heterocycles. The molecule has 5 nitrogen and oxygen atoms in total. The van der Waals surface area contributed by atoms with Crippen LogP contribution >= 0.6 is 0 Å². The topological polar surface area (TPSA) is 85.1 Å². The zero-order chi connectivity index (χ0) is 11.7. The molecule has 0 bridgehead atoms. The summed E-state index contributed by atoms with van der Waals surface area (Å²) in [4.78, 5) is 26.9. The summed E-state index contributed by atoms with van der Waals surface area (Å²) in [6, 6.07) is 3.34. The Morgan fingerprint density at radius 1 is 1.44 bits per heavy atom. The number of nitrogens with two attached hydrogens (primary N) is 1. The molecule has 1 aromatic rings. The molecule has 5 heteroatoms. The summed E-state index contributed by atoms with van der Waals surface area (Å²) < 4.78 is 0. The molecule has 0 saturated heterocycles. The van der Waals surface area contributed by atoms with Crippen LogP contribution in [0.4, 0.5) is 0 Å². The lowest BCUT2D eigenvalue weighted by Gasteiger charge is -2.06. The fourth-order valence-electron chi connectivity index (χ4n) is 1.57. The minimum atomic E-state index is -0.631. The highest BCUT2D eigenvalue weighted by atomic mass is 16.2. The SMILES string of the molecule is CNC(=O)c1nc(C2CC2)ccc1C(N)=O. The van der Waals surface area contributed by atoms with Gasteiger partial charge in [-0.2, -0.15) is 0 Å². The molecule has 3 N–H and O–H groups in total. The summed E-state index contributed by atoms with van der Waals surface area (Å²) in [5, 5.41) is 2.45. The molecule has 1 aliphatic carbocycles. The standard InChI is InChI=1S/C11H13N3O2/c1-13-11(16)9-7(10(12)15)4-5-8(14-9)6-2-3-6/h4-6H,2-3H2,1H3,(H2,12,15)(H,13,16). The first-order valence-corrected chi connectivity index (χ1v) is 5.16. The number of pyridine rings is 1. The molecule has 0 aromatic carbocycles. The molecule has 0 radical (unpaired) electrons. The van der Waals surface area contributed by atoms with Gasteiger partial charge in [0.1, 0.15) is 5.69 Å². The van der Waals surface area contributed by atoms with Crippen molar-refractivity contribution in [3.63, 3.8) is 0 Å². The first kappa shape index (κ1) is 10.6. The van der Waals surface area contributed by atoms with Crippen molar-refractivity contribution in [3.8, 4) is 0 Å². The Morgan fingerprint density at radius 3 is 2.62 bits per heavy atom. The van der Waals surface area contributed by atoms with Gasteiger partial charge in [0, 0.05) is 18.7 Å². The van der Waals surface area contributed by atoms with Crippen molar-refractivity contribution in [2.24, 2.45) is 5.73 Å². The van der Waals surface area contributed by atoms with Gasteiger partial charge in [-0.05, 0) is 25.0 Å². The molecule has 1 saturated carbocycles. The average molecular weight is 219 g/mol. The van der Waals surface area contributed by atoms with Crippen molar-refractivity contribution < 1.29 is 9.59 Å². The molecule has 1 heterocycles. The van der Waals surface area contributed by atoms with Gasteiger partial charge >= 0.3 is 0 Å². The minimum absolute atomic E-state index is 0.124. The highest BCUT2D eigenvalue weighted by Crippen LogP contribution is 2.39. The summed E-state index contributed by atoms with van der Waals surface area (Å²) >= 11 is 0. The number of nitrogens with zero attached hydrogens (tertiary/aromatic N) is 1. The second-order valence-electron chi connectivity index (χ2n) is 3.85. The van der Waals surface area contributed by atoms with Crippen molar-refractivity contribution in [1.82, 2.24) is 10.3 Å². The maximum Gasteiger partial charge on any atom is 0.270 e. The number of hydrogen-bond acceptors (Lipinski definition) is 3. The second kappa shape index (κ2) is 3.92. The number of nitrogens with one attached hydrogen (secondary N) is 1. The van der Waals surface area contributed by atoms with Gasteiger partial charge in [0.25, 0.3) is 11.8 Å². The van der Waals surface area contributed by atoms with E-state index in [1.54, 1.807) is 12.1 Å². The second-order valence-corrected chi connectivity index (χ2v) is 3.85. The Hall–Kier alpha value is -1.91. The molecule has 0 unspecified atom stereocenters. The van der Waals surface area contributed by atoms with Crippen molar-refractivity contribution in [2.75, 3.05) is 7.05 Å². The van der Waals surface area contributed by atoms with E-state index in [0.29, 0.717) is 5.92 Å². The van der Waals surface area contributed by atoms with E-state index in [0.717, 1.165) is 18.5 Å². The minimum Gasteiger partial charge on any atom is -0.366 e. The normalized spacial score (nSPS) is 14.6. The average Bonchev–Trinajstić information content (AvgIpc) is 3.11. The predicted octanol–water partition coefficient (Wildman–Crippen LogP) is 0.418. The van der Waals surface area contributed by atoms with Crippen molar-refractivity contribution in [1.29, 1.82) is 0 Å². The van der Waals surface area contributed by atoms with Crippen LogP contribution in [0.5, 0.6) is 0 Å². The van der Waals surface area contributed by atoms with E-state index in [4.69, 9.17) is 5.73 Å². The third kappa shape index (κ3) is 1.88. The first-order valence-electron chi connectivity index (χ1n) is 5.16. The van der Waals surface area contributed by atoms with Crippen molar-refractivity contribution >= 4 is 11.8 Å². The van der Waals surface area contributed by atoms with E-state index >= 15 is 0 Å². The van der Waals surface area contributed by atoms with E-state index in [9.17, 15) is 9.59 Å². The molecular formula is C11H13N3O2. The van der Waals surface area contributed by atoms with Crippen LogP contribution in [0.2, 0.25) is 0 Å². The summed E-state index contributed by atoms with van der Waals surface area (Å²) in [5.41, 5.74) is 6.35. The Labute approximate surface area is 93.0 Å². The molecule has 1 aliphatic rings. The molecule has 16 heavy (non-hydrogen) atoms. The van der Waals surface area contributed by atoms with Gasteiger partial charge in [-0.25, -0.2) is 4.98 Å². The van der Waals surface area contributed by atoms with Crippen LogP contribution in [-0.4, -0.2) is 23.8 Å². The number of hydrogen-bond donors (Lipinski definition) is 2. The molecule has 0 spiro atoms. The van der Waals surface area contributed by atoms with Gasteiger partial charge < -0.3 is 11.1 Å². The summed E-state index contributed by atoms with van der Waals surface area (Å²) in [6.07, 6.45) is 2.19. The monoisotopic (exact) mass is 219 g/mol. The molecular weight excluding hydrogens is 206 g/mol. The summed E-state index contributed by atoms with van der Waals surface area (Å²) in [7, 11) is 1.50. The van der Waals surface area contributed by atoms with Gasteiger partial charge in [-0.1, -0.05) is 0 Å². The summed E-state index contributed by atoms with van der Waals surface area (Å²) in [5.74, 6) is -0.574. The zero-order valence-corrected chi connectivity index (χ0v) is 8.99. The third-order valence-electron chi connectivity index (χ3n) is 2.62. The third-order valence-corrected chi connectivity index (χ3v) is 2.62. The van der Waals surface area contributed by atoms with Gasteiger partial charge in [-0.15, -0.1) is 0 Å². The largest absolute Gasteiger partial charge is 0.366 e. The Kier molecular flexibility index (Phi) is 2.60. The highest BCUT2D eigenvalue weighted by Gasteiger charge is 2.27. The zero-order valence-electron chi connectivity index (χ0n) is 8.99. The maximum absolute atomic E-state index is 11.6. The predicted molar refractivity (Wildman–Crippen MR) is 58.1 cm³/mol. The van der Waals surface area contributed by atoms with E-state index in [1.807, 2.05) is 0 Å². The Bertz CT molecular complexity index is 453. The highest BCUT2D eigenvalue weighted by molar-refractivity contribution is 6.05. The van der Waals surface area contributed by atoms with Crippen LogP contribution in [0.1, 0.15) is 45.3 Å². The van der Waals surface area contributed by atoms with Crippen LogP contribution in [0.25, 0.3) is 0 Å². The molecule has 0 aliphatic heterocycles. The Balaban J connectivity index is 2.45. The van der Waals surface area contributed by atoms with Gasteiger partial charge in [0.15, 0.2) is 0 Å². The van der Waals surface area contributed by atoms with Crippen LogP contribution in [0, 0.1) is 0 Å². The quantitative estimate of drug-likeness (QED) is 0.772. The van der Waals surface area contributed by atoms with Crippen LogP contribution in [0.15, 0.2) is 12.1 Å². The van der Waals surface area contributed by atoms with Crippen LogP contribution in [0.3, 0.4) is 0 Å². The van der Waals surface area contributed by atoms with Crippen molar-refractivity contribution in [2.45, 2.75) is 18.8 Å². The van der Waals surface area contributed by atoms with Gasteiger partial charge in [-0.3, -0.25) is 9.59 Å². The fraction of sp³-hybridized carbons (Fsp3) is 0.364. The molecule has 1 fully saturated rings. The first-order chi connectivity index (χ1) is 7.63. The number of carbonyl (C=O) groups is 2. The molecule has 2 rings (SSSR count). The molecule has 0 atom stereocenters. The molecule has 84 valence electrons. The van der Waals surface area contributed by atoms with E-state index in [-0.39, 0.29) is 17.2 Å². The van der Waals surface area contributed by atoms with Gasteiger partial charge in [0.05, 0.1) is 5.56 Å². The van der Waals surface area contributed by atoms with Crippen LogP contribution in [-0.2, 0) is 0 Å². The van der Waals surface area contributed by atoms with Crippen LogP contribution < -0.4 is 11.1 Å². The number of aromatic nitrogens is 1. The number of amides is 2. The van der Waals surface area contributed by atoms with E-state index in [1.165, 1.54) is 7.05 Å². The molecule has 2 amide bonds. The van der Waals surface area contributed by atoms with Gasteiger partial charge in [0.2, 0.25) is 0 Å². The fourth-order valence-corrected chi connectivity index (χ4v) is 1.57. The number of primary amides is 1.